The van der Waals surface area contributed by atoms with Crippen LogP contribution in [-0.4, -0.2) is 14.6 Å². The molecule has 0 saturated heterocycles. The maximum atomic E-state index is 11.6. The Balaban J connectivity index is 2.91. The number of unbranched alkanes of at least 4 members (excludes halogenated alkanes) is 1. The molecule has 1 aromatic rings. The largest absolute Gasteiger partial charge is 0.281 e. The van der Waals surface area contributed by atoms with E-state index >= 15 is 0 Å². The standard InChI is InChI=1S/C11H15NO2S/c1-3-4-9-12-15(13,14)11-7-5-10(2)6-8-11/h5-9H,3-4H2,1-2H3. The summed E-state index contributed by atoms with van der Waals surface area (Å²) >= 11 is 0. The lowest BCUT2D eigenvalue weighted by atomic mass is 10.2. The minimum atomic E-state index is -3.48. The lowest BCUT2D eigenvalue weighted by molar-refractivity contribution is 0.598. The molecule has 0 amide bonds. The fraction of sp³-hybridized carbons (Fsp3) is 0.364. The van der Waals surface area contributed by atoms with E-state index in [-0.39, 0.29) is 4.90 Å². The third-order valence-electron chi connectivity index (χ3n) is 1.95. The van der Waals surface area contributed by atoms with Gasteiger partial charge in [-0.2, -0.15) is 12.8 Å². The number of aryl methyl sites for hydroxylation is 1. The lowest BCUT2D eigenvalue weighted by Gasteiger charge is -1.98. The molecule has 0 bridgehead atoms. The van der Waals surface area contributed by atoms with E-state index < -0.39 is 10.0 Å². The van der Waals surface area contributed by atoms with Crippen LogP contribution in [0.1, 0.15) is 25.3 Å². The number of rotatable bonds is 4. The molecular formula is C11H15NO2S. The number of sulfonamides is 1. The van der Waals surface area contributed by atoms with Crippen molar-refractivity contribution < 1.29 is 8.42 Å². The summed E-state index contributed by atoms with van der Waals surface area (Å²) in [7, 11) is -3.48. The first kappa shape index (κ1) is 11.9. The van der Waals surface area contributed by atoms with E-state index in [1.54, 1.807) is 24.3 Å². The smallest absolute Gasteiger partial charge is 0.199 e. The predicted octanol–water partition coefficient (Wildman–Crippen LogP) is 2.55. The van der Waals surface area contributed by atoms with Crippen LogP contribution in [0.15, 0.2) is 33.6 Å². The highest BCUT2D eigenvalue weighted by Crippen LogP contribution is 2.12. The molecule has 15 heavy (non-hydrogen) atoms. The second-order valence-electron chi connectivity index (χ2n) is 3.36. The summed E-state index contributed by atoms with van der Waals surface area (Å²) in [5.41, 5.74) is 1.03. The van der Waals surface area contributed by atoms with Gasteiger partial charge in [0.05, 0.1) is 4.90 Å². The summed E-state index contributed by atoms with van der Waals surface area (Å²) in [5.74, 6) is 0. The molecule has 1 rings (SSSR count). The van der Waals surface area contributed by atoms with Crippen molar-refractivity contribution in [3.8, 4) is 0 Å². The molecule has 82 valence electrons. The van der Waals surface area contributed by atoms with Crippen LogP contribution in [0, 0.1) is 6.92 Å². The van der Waals surface area contributed by atoms with Gasteiger partial charge in [0.15, 0.2) is 0 Å². The van der Waals surface area contributed by atoms with Crippen molar-refractivity contribution >= 4 is 16.2 Å². The number of hydrogen-bond acceptors (Lipinski definition) is 2. The summed E-state index contributed by atoms with van der Waals surface area (Å²) in [6.45, 7) is 3.89. The average molecular weight is 225 g/mol. The van der Waals surface area contributed by atoms with Gasteiger partial charge in [-0.1, -0.05) is 31.0 Å². The first-order valence-electron chi connectivity index (χ1n) is 4.91. The van der Waals surface area contributed by atoms with E-state index in [4.69, 9.17) is 0 Å². The Labute approximate surface area is 90.9 Å². The van der Waals surface area contributed by atoms with E-state index in [0.717, 1.165) is 12.0 Å². The van der Waals surface area contributed by atoms with Crippen molar-refractivity contribution in [1.29, 1.82) is 0 Å². The minimum absolute atomic E-state index is 0.250. The molecule has 0 spiro atoms. The van der Waals surface area contributed by atoms with Crippen LogP contribution < -0.4 is 0 Å². The summed E-state index contributed by atoms with van der Waals surface area (Å²) in [6, 6.07) is 6.69. The van der Waals surface area contributed by atoms with Gasteiger partial charge in [-0.15, -0.1) is 0 Å². The predicted molar refractivity (Wildman–Crippen MR) is 61.8 cm³/mol. The molecule has 0 N–H and O–H groups in total. The maximum Gasteiger partial charge on any atom is 0.281 e. The zero-order valence-corrected chi connectivity index (χ0v) is 9.79. The van der Waals surface area contributed by atoms with Crippen molar-refractivity contribution in [2.45, 2.75) is 31.6 Å². The van der Waals surface area contributed by atoms with Gasteiger partial charge >= 0.3 is 0 Å². The Kier molecular flexibility index (Phi) is 4.03. The van der Waals surface area contributed by atoms with Crippen LogP contribution >= 0.6 is 0 Å². The highest BCUT2D eigenvalue weighted by Gasteiger charge is 2.09. The van der Waals surface area contributed by atoms with E-state index in [0.29, 0.717) is 6.42 Å². The van der Waals surface area contributed by atoms with Crippen molar-refractivity contribution in [3.63, 3.8) is 0 Å². The first-order chi connectivity index (χ1) is 7.06. The maximum absolute atomic E-state index is 11.6. The monoisotopic (exact) mass is 225 g/mol. The van der Waals surface area contributed by atoms with Crippen molar-refractivity contribution in [1.82, 2.24) is 0 Å². The third-order valence-corrected chi connectivity index (χ3v) is 3.24. The van der Waals surface area contributed by atoms with E-state index in [2.05, 4.69) is 4.40 Å². The van der Waals surface area contributed by atoms with Crippen LogP contribution in [0.5, 0.6) is 0 Å². The molecule has 0 heterocycles. The molecule has 1 aromatic carbocycles. The summed E-state index contributed by atoms with van der Waals surface area (Å²) in [5, 5.41) is 0. The van der Waals surface area contributed by atoms with E-state index in [1.165, 1.54) is 6.21 Å². The molecule has 0 saturated carbocycles. The summed E-state index contributed by atoms with van der Waals surface area (Å²) in [6.07, 6.45) is 3.03. The minimum Gasteiger partial charge on any atom is -0.199 e. The van der Waals surface area contributed by atoms with E-state index in [1.807, 2.05) is 13.8 Å². The van der Waals surface area contributed by atoms with Gasteiger partial charge in [-0.3, -0.25) is 0 Å². The van der Waals surface area contributed by atoms with Crippen molar-refractivity contribution in [3.05, 3.63) is 29.8 Å². The van der Waals surface area contributed by atoms with Crippen molar-refractivity contribution in [2.75, 3.05) is 0 Å². The van der Waals surface area contributed by atoms with Crippen LogP contribution in [0.3, 0.4) is 0 Å². The molecule has 4 heteroatoms. The SMILES string of the molecule is CCCC=NS(=O)(=O)c1ccc(C)cc1. The van der Waals surface area contributed by atoms with Crippen LogP contribution in [0.2, 0.25) is 0 Å². The van der Waals surface area contributed by atoms with Crippen molar-refractivity contribution in [2.24, 2.45) is 4.40 Å². The molecule has 0 radical (unpaired) electrons. The number of nitrogens with zero attached hydrogens (tertiary/aromatic N) is 1. The second-order valence-corrected chi connectivity index (χ2v) is 5.00. The fourth-order valence-corrected chi connectivity index (χ4v) is 1.95. The third kappa shape index (κ3) is 3.47. The Hall–Kier alpha value is -1.16. The molecule has 0 aliphatic rings. The van der Waals surface area contributed by atoms with Gasteiger partial charge in [0.25, 0.3) is 10.0 Å². The molecule has 3 nitrogen and oxygen atoms in total. The molecule has 0 aromatic heterocycles. The Morgan fingerprint density at radius 1 is 1.27 bits per heavy atom. The normalized spacial score (nSPS) is 12.1. The van der Waals surface area contributed by atoms with Gasteiger partial charge in [0.1, 0.15) is 0 Å². The van der Waals surface area contributed by atoms with Crippen LogP contribution in [-0.2, 0) is 10.0 Å². The highest BCUT2D eigenvalue weighted by atomic mass is 32.2. The van der Waals surface area contributed by atoms with Gasteiger partial charge in [-0.25, -0.2) is 0 Å². The zero-order chi connectivity index (χ0) is 11.3. The Bertz CT molecular complexity index is 432. The highest BCUT2D eigenvalue weighted by molar-refractivity contribution is 7.90. The van der Waals surface area contributed by atoms with E-state index in [9.17, 15) is 8.42 Å². The molecular weight excluding hydrogens is 210 g/mol. The quantitative estimate of drug-likeness (QED) is 0.739. The first-order valence-corrected chi connectivity index (χ1v) is 6.36. The van der Waals surface area contributed by atoms with Gasteiger partial charge in [-0.05, 0) is 25.5 Å². The van der Waals surface area contributed by atoms with Gasteiger partial charge in [0.2, 0.25) is 0 Å². The summed E-state index contributed by atoms with van der Waals surface area (Å²) in [4.78, 5) is 0.250. The average Bonchev–Trinajstić information content (AvgIpc) is 2.18. The summed E-state index contributed by atoms with van der Waals surface area (Å²) < 4.78 is 26.8. The molecule has 0 atom stereocenters. The zero-order valence-electron chi connectivity index (χ0n) is 8.97. The van der Waals surface area contributed by atoms with Crippen LogP contribution in [0.4, 0.5) is 0 Å². The number of benzene rings is 1. The van der Waals surface area contributed by atoms with Gasteiger partial charge in [0, 0.05) is 6.21 Å². The number of hydrogen-bond donors (Lipinski definition) is 0. The van der Waals surface area contributed by atoms with Gasteiger partial charge < -0.3 is 0 Å². The Morgan fingerprint density at radius 3 is 2.40 bits per heavy atom. The fourth-order valence-electron chi connectivity index (χ4n) is 1.05. The molecule has 0 fully saturated rings. The molecule has 0 aliphatic heterocycles. The second kappa shape index (κ2) is 5.07. The topological polar surface area (TPSA) is 46.5 Å². The lowest BCUT2D eigenvalue weighted by Crippen LogP contribution is -1.97. The van der Waals surface area contributed by atoms with Crippen LogP contribution in [0.25, 0.3) is 0 Å². The Morgan fingerprint density at radius 2 is 1.87 bits per heavy atom. The molecule has 0 aliphatic carbocycles. The molecule has 0 unspecified atom stereocenters.